The van der Waals surface area contributed by atoms with E-state index in [9.17, 15) is 4.79 Å². The van der Waals surface area contributed by atoms with Crippen molar-refractivity contribution in [2.45, 2.75) is 25.2 Å². The summed E-state index contributed by atoms with van der Waals surface area (Å²) in [6, 6.07) is 12.9. The fourth-order valence-corrected chi connectivity index (χ4v) is 3.04. The van der Waals surface area contributed by atoms with Gasteiger partial charge in [0.2, 0.25) is 0 Å². The SMILES string of the molecule is O=C(N[C@@H]1COCC[C@@H]1OCc1ccccn1)c1cnc2ccccc2n1. The quantitative estimate of drug-likeness (QED) is 0.746. The first-order valence-electron chi connectivity index (χ1n) is 8.91. The van der Waals surface area contributed by atoms with E-state index in [0.29, 0.717) is 31.8 Å². The van der Waals surface area contributed by atoms with Gasteiger partial charge in [0, 0.05) is 12.8 Å². The predicted octanol–water partition coefficient (Wildman–Crippen LogP) is 2.13. The van der Waals surface area contributed by atoms with Crippen molar-refractivity contribution in [3.63, 3.8) is 0 Å². The van der Waals surface area contributed by atoms with Crippen molar-refractivity contribution in [2.24, 2.45) is 0 Å². The van der Waals surface area contributed by atoms with Crippen molar-refractivity contribution in [1.82, 2.24) is 20.3 Å². The Hall–Kier alpha value is -2.90. The summed E-state index contributed by atoms with van der Waals surface area (Å²) in [7, 11) is 0. The minimum Gasteiger partial charge on any atom is -0.379 e. The Kier molecular flexibility index (Phi) is 5.32. The molecule has 0 radical (unpaired) electrons. The molecule has 1 saturated heterocycles. The zero-order valence-corrected chi connectivity index (χ0v) is 14.7. The monoisotopic (exact) mass is 364 g/mol. The van der Waals surface area contributed by atoms with Crippen molar-refractivity contribution >= 4 is 16.9 Å². The third-order valence-corrected chi connectivity index (χ3v) is 4.46. The number of hydrogen-bond donors (Lipinski definition) is 1. The Labute approximate surface area is 156 Å². The summed E-state index contributed by atoms with van der Waals surface area (Å²) in [5, 5.41) is 2.97. The van der Waals surface area contributed by atoms with Gasteiger partial charge < -0.3 is 14.8 Å². The number of carbonyl (C=O) groups excluding carboxylic acids is 1. The van der Waals surface area contributed by atoms with E-state index in [-0.39, 0.29) is 23.7 Å². The van der Waals surface area contributed by atoms with E-state index >= 15 is 0 Å². The first-order valence-corrected chi connectivity index (χ1v) is 8.91. The lowest BCUT2D eigenvalue weighted by atomic mass is 10.1. The number of aromatic nitrogens is 3. The number of nitrogens with zero attached hydrogens (tertiary/aromatic N) is 3. The number of nitrogens with one attached hydrogen (secondary N) is 1. The molecule has 1 aliphatic rings. The molecule has 0 bridgehead atoms. The number of pyridine rings is 1. The van der Waals surface area contributed by atoms with Gasteiger partial charge in [-0.15, -0.1) is 0 Å². The number of carbonyl (C=O) groups is 1. The lowest BCUT2D eigenvalue weighted by molar-refractivity contribution is -0.0613. The molecule has 3 aromatic rings. The summed E-state index contributed by atoms with van der Waals surface area (Å²) in [5.41, 5.74) is 2.58. The van der Waals surface area contributed by atoms with Crippen molar-refractivity contribution in [1.29, 1.82) is 0 Å². The normalized spacial score (nSPS) is 19.7. The molecule has 1 N–H and O–H groups in total. The fraction of sp³-hybridized carbons (Fsp3) is 0.300. The van der Waals surface area contributed by atoms with Gasteiger partial charge in [-0.05, 0) is 30.7 Å². The maximum atomic E-state index is 12.6. The van der Waals surface area contributed by atoms with Crippen LogP contribution in [0.1, 0.15) is 22.6 Å². The highest BCUT2D eigenvalue weighted by molar-refractivity contribution is 5.94. The molecule has 7 nitrogen and oxygen atoms in total. The van der Waals surface area contributed by atoms with Gasteiger partial charge in [0.05, 0.1) is 48.3 Å². The minimum atomic E-state index is -0.282. The molecule has 1 amide bonds. The maximum absolute atomic E-state index is 12.6. The third kappa shape index (κ3) is 4.27. The first kappa shape index (κ1) is 17.5. The van der Waals surface area contributed by atoms with Gasteiger partial charge in [0.1, 0.15) is 5.69 Å². The first-order chi connectivity index (χ1) is 13.3. The van der Waals surface area contributed by atoms with E-state index < -0.39 is 0 Å². The van der Waals surface area contributed by atoms with E-state index in [1.54, 1.807) is 6.20 Å². The van der Waals surface area contributed by atoms with Crippen LogP contribution in [0.2, 0.25) is 0 Å². The van der Waals surface area contributed by atoms with Crippen LogP contribution in [-0.4, -0.2) is 46.2 Å². The molecule has 4 rings (SSSR count). The van der Waals surface area contributed by atoms with Crippen LogP contribution in [-0.2, 0) is 16.1 Å². The molecule has 1 fully saturated rings. The molecule has 2 aromatic heterocycles. The lowest BCUT2D eigenvalue weighted by Gasteiger charge is -2.31. The number of hydrogen-bond acceptors (Lipinski definition) is 6. The number of rotatable bonds is 5. The molecule has 0 unspecified atom stereocenters. The van der Waals surface area contributed by atoms with Gasteiger partial charge in [-0.2, -0.15) is 0 Å². The summed E-state index contributed by atoms with van der Waals surface area (Å²) in [4.78, 5) is 25.6. The summed E-state index contributed by atoms with van der Waals surface area (Å²) in [6.45, 7) is 1.41. The van der Waals surface area contributed by atoms with Crippen LogP contribution in [0.3, 0.4) is 0 Å². The second kappa shape index (κ2) is 8.20. The second-order valence-corrected chi connectivity index (χ2v) is 6.36. The molecule has 3 heterocycles. The smallest absolute Gasteiger partial charge is 0.271 e. The Balaban J connectivity index is 1.42. The zero-order valence-electron chi connectivity index (χ0n) is 14.7. The van der Waals surface area contributed by atoms with Gasteiger partial charge >= 0.3 is 0 Å². The fourth-order valence-electron chi connectivity index (χ4n) is 3.04. The van der Waals surface area contributed by atoms with E-state index in [2.05, 4.69) is 20.3 Å². The highest BCUT2D eigenvalue weighted by atomic mass is 16.5. The average Bonchev–Trinajstić information content (AvgIpc) is 2.73. The summed E-state index contributed by atoms with van der Waals surface area (Å²) in [6.07, 6.45) is 3.80. The number of para-hydroxylation sites is 2. The third-order valence-electron chi connectivity index (χ3n) is 4.46. The molecule has 138 valence electrons. The predicted molar refractivity (Wildman–Crippen MR) is 99.0 cm³/mol. The molecular formula is C20H20N4O3. The topological polar surface area (TPSA) is 86.2 Å². The Bertz CT molecular complexity index is 919. The second-order valence-electron chi connectivity index (χ2n) is 6.36. The van der Waals surface area contributed by atoms with Gasteiger partial charge in [0.15, 0.2) is 0 Å². The molecule has 1 aromatic carbocycles. The summed E-state index contributed by atoms with van der Waals surface area (Å²) < 4.78 is 11.5. The Morgan fingerprint density at radius 3 is 2.85 bits per heavy atom. The largest absolute Gasteiger partial charge is 0.379 e. The molecule has 0 spiro atoms. The molecule has 2 atom stereocenters. The van der Waals surface area contributed by atoms with Crippen molar-refractivity contribution in [3.05, 3.63) is 66.2 Å². The average molecular weight is 364 g/mol. The van der Waals surface area contributed by atoms with E-state index in [1.807, 2.05) is 42.5 Å². The van der Waals surface area contributed by atoms with Crippen LogP contribution in [0.5, 0.6) is 0 Å². The number of amides is 1. The molecule has 27 heavy (non-hydrogen) atoms. The van der Waals surface area contributed by atoms with Crippen LogP contribution in [0, 0.1) is 0 Å². The maximum Gasteiger partial charge on any atom is 0.271 e. The highest BCUT2D eigenvalue weighted by Crippen LogP contribution is 2.15. The lowest BCUT2D eigenvalue weighted by Crippen LogP contribution is -2.50. The van der Waals surface area contributed by atoms with Crippen LogP contribution in [0.4, 0.5) is 0 Å². The van der Waals surface area contributed by atoms with Crippen molar-refractivity contribution in [3.8, 4) is 0 Å². The van der Waals surface area contributed by atoms with Crippen molar-refractivity contribution in [2.75, 3.05) is 13.2 Å². The highest BCUT2D eigenvalue weighted by Gasteiger charge is 2.29. The number of fused-ring (bicyclic) bond motifs is 1. The molecule has 0 saturated carbocycles. The van der Waals surface area contributed by atoms with E-state index in [1.165, 1.54) is 6.20 Å². The van der Waals surface area contributed by atoms with Gasteiger partial charge in [-0.3, -0.25) is 14.8 Å². The summed E-state index contributed by atoms with van der Waals surface area (Å²) >= 11 is 0. The molecule has 1 aliphatic heterocycles. The van der Waals surface area contributed by atoms with Crippen LogP contribution in [0.15, 0.2) is 54.9 Å². The van der Waals surface area contributed by atoms with Crippen LogP contribution in [0.25, 0.3) is 11.0 Å². The molecule has 0 aliphatic carbocycles. The Morgan fingerprint density at radius 1 is 1.15 bits per heavy atom. The summed E-state index contributed by atoms with van der Waals surface area (Å²) in [5.74, 6) is -0.282. The van der Waals surface area contributed by atoms with Gasteiger partial charge in [0.25, 0.3) is 5.91 Å². The Morgan fingerprint density at radius 2 is 2.00 bits per heavy atom. The minimum absolute atomic E-state index is 0.141. The van der Waals surface area contributed by atoms with Crippen molar-refractivity contribution < 1.29 is 14.3 Å². The van der Waals surface area contributed by atoms with Crippen LogP contribution >= 0.6 is 0 Å². The molecular weight excluding hydrogens is 344 g/mol. The molecule has 7 heteroatoms. The van der Waals surface area contributed by atoms with Gasteiger partial charge in [-0.1, -0.05) is 18.2 Å². The zero-order chi connectivity index (χ0) is 18.5. The van der Waals surface area contributed by atoms with E-state index in [0.717, 1.165) is 11.2 Å². The standard InChI is InChI=1S/C20H20N4O3/c25-20(17-11-22-15-6-1-2-7-16(15)23-17)24-18-13-26-10-8-19(18)27-12-14-5-3-4-9-21-14/h1-7,9,11,18-19H,8,10,12-13H2,(H,24,25)/t18-,19+/m1/s1. The van der Waals surface area contributed by atoms with Crippen LogP contribution < -0.4 is 5.32 Å². The number of benzene rings is 1. The van der Waals surface area contributed by atoms with E-state index in [4.69, 9.17) is 9.47 Å². The number of ether oxygens (including phenoxy) is 2. The van der Waals surface area contributed by atoms with Gasteiger partial charge in [-0.25, -0.2) is 4.98 Å².